The first-order valence-corrected chi connectivity index (χ1v) is 5.03. The van der Waals surface area contributed by atoms with E-state index in [9.17, 15) is 4.79 Å². The van der Waals surface area contributed by atoms with Gasteiger partial charge in [0.15, 0.2) is 5.82 Å². The first kappa shape index (κ1) is 11.1. The molecule has 0 aromatic carbocycles. The summed E-state index contributed by atoms with van der Waals surface area (Å²) in [6.07, 6.45) is 1.44. The van der Waals surface area contributed by atoms with Gasteiger partial charge in [0, 0.05) is 23.6 Å². The number of anilines is 2. The molecule has 1 amide bonds. The van der Waals surface area contributed by atoms with E-state index in [1.807, 2.05) is 0 Å². The van der Waals surface area contributed by atoms with Crippen molar-refractivity contribution in [2.45, 2.75) is 13.8 Å². The Kier molecular flexibility index (Phi) is 2.78. The van der Waals surface area contributed by atoms with Gasteiger partial charge in [-0.15, -0.1) is 0 Å². The van der Waals surface area contributed by atoms with E-state index in [1.54, 1.807) is 26.0 Å². The highest BCUT2D eigenvalue weighted by atomic mass is 16.5. The standard InChI is InChI=1S/C11H12N4O2/c1-6-3-9(12)8(5-13-6)11(16)14-10-4-7(2)17-15-10/h3-5H,1-2H3,(H2,12,13)(H,14,15,16). The zero-order chi connectivity index (χ0) is 12.4. The number of aryl methyl sites for hydroxylation is 2. The number of nitrogens with zero attached hydrogens (tertiary/aromatic N) is 2. The Bertz CT molecular complexity index is 562. The maximum atomic E-state index is 11.8. The summed E-state index contributed by atoms with van der Waals surface area (Å²) in [4.78, 5) is 15.9. The number of hydrogen-bond donors (Lipinski definition) is 2. The molecule has 0 atom stereocenters. The summed E-state index contributed by atoms with van der Waals surface area (Å²) in [5.74, 6) is 0.617. The van der Waals surface area contributed by atoms with E-state index in [0.29, 0.717) is 22.8 Å². The van der Waals surface area contributed by atoms with Crippen LogP contribution in [0.2, 0.25) is 0 Å². The lowest BCUT2D eigenvalue weighted by Crippen LogP contribution is -2.14. The summed E-state index contributed by atoms with van der Waals surface area (Å²) in [5.41, 5.74) is 7.20. The van der Waals surface area contributed by atoms with E-state index in [-0.39, 0.29) is 5.91 Å². The molecule has 6 heteroatoms. The smallest absolute Gasteiger partial charge is 0.260 e. The minimum atomic E-state index is -0.358. The lowest BCUT2D eigenvalue weighted by molar-refractivity contribution is 0.102. The number of carbonyl (C=O) groups excluding carboxylic acids is 1. The molecule has 0 saturated heterocycles. The minimum Gasteiger partial charge on any atom is -0.398 e. The predicted octanol–water partition coefficient (Wildman–Crippen LogP) is 1.52. The molecule has 0 aliphatic rings. The van der Waals surface area contributed by atoms with Gasteiger partial charge in [0.2, 0.25) is 0 Å². The molecule has 0 aliphatic heterocycles. The molecule has 0 fully saturated rings. The quantitative estimate of drug-likeness (QED) is 0.818. The van der Waals surface area contributed by atoms with Crippen molar-refractivity contribution in [2.24, 2.45) is 0 Å². The number of hydrogen-bond acceptors (Lipinski definition) is 5. The van der Waals surface area contributed by atoms with Crippen LogP contribution in [0, 0.1) is 13.8 Å². The Morgan fingerprint density at radius 3 is 2.76 bits per heavy atom. The molecule has 6 nitrogen and oxygen atoms in total. The molecule has 0 unspecified atom stereocenters. The van der Waals surface area contributed by atoms with Crippen LogP contribution in [0.1, 0.15) is 21.8 Å². The summed E-state index contributed by atoms with van der Waals surface area (Å²) >= 11 is 0. The summed E-state index contributed by atoms with van der Waals surface area (Å²) < 4.78 is 4.84. The fourth-order valence-corrected chi connectivity index (χ4v) is 1.38. The Hall–Kier alpha value is -2.37. The second kappa shape index (κ2) is 4.25. The normalized spacial score (nSPS) is 10.2. The SMILES string of the molecule is Cc1cc(N)c(C(=O)Nc2cc(C)on2)cn1. The van der Waals surface area contributed by atoms with Gasteiger partial charge in [0.25, 0.3) is 5.91 Å². The molecule has 0 aliphatic carbocycles. The van der Waals surface area contributed by atoms with Crippen LogP contribution in [0.15, 0.2) is 22.9 Å². The van der Waals surface area contributed by atoms with Gasteiger partial charge in [-0.2, -0.15) is 0 Å². The van der Waals surface area contributed by atoms with Crippen LogP contribution < -0.4 is 11.1 Å². The fourth-order valence-electron chi connectivity index (χ4n) is 1.38. The van der Waals surface area contributed by atoms with Gasteiger partial charge in [-0.05, 0) is 19.9 Å². The highest BCUT2D eigenvalue weighted by Crippen LogP contribution is 2.14. The van der Waals surface area contributed by atoms with Crippen molar-refractivity contribution in [2.75, 3.05) is 11.1 Å². The van der Waals surface area contributed by atoms with E-state index in [2.05, 4.69) is 15.5 Å². The van der Waals surface area contributed by atoms with Gasteiger partial charge in [0.05, 0.1) is 5.56 Å². The molecule has 3 N–H and O–H groups in total. The van der Waals surface area contributed by atoms with Crippen LogP contribution in [0.25, 0.3) is 0 Å². The molecule has 17 heavy (non-hydrogen) atoms. The van der Waals surface area contributed by atoms with Crippen molar-refractivity contribution in [1.82, 2.24) is 10.1 Å². The molecule has 0 saturated carbocycles. The van der Waals surface area contributed by atoms with Crippen LogP contribution >= 0.6 is 0 Å². The van der Waals surface area contributed by atoms with Gasteiger partial charge >= 0.3 is 0 Å². The van der Waals surface area contributed by atoms with Crippen LogP contribution in [0.4, 0.5) is 11.5 Å². The van der Waals surface area contributed by atoms with Gasteiger partial charge in [0.1, 0.15) is 5.76 Å². The highest BCUT2D eigenvalue weighted by Gasteiger charge is 2.12. The molecule has 2 aromatic rings. The van der Waals surface area contributed by atoms with Crippen LogP contribution in [0.3, 0.4) is 0 Å². The summed E-state index contributed by atoms with van der Waals surface area (Å²) in [5, 5.41) is 6.24. The first-order valence-electron chi connectivity index (χ1n) is 5.03. The number of rotatable bonds is 2. The molecular formula is C11H12N4O2. The highest BCUT2D eigenvalue weighted by molar-refractivity contribution is 6.07. The largest absolute Gasteiger partial charge is 0.398 e. The Balaban J connectivity index is 2.20. The van der Waals surface area contributed by atoms with Gasteiger partial charge < -0.3 is 15.6 Å². The second-order valence-electron chi connectivity index (χ2n) is 3.69. The number of amides is 1. The number of carbonyl (C=O) groups is 1. The number of nitrogens with one attached hydrogen (secondary N) is 1. The molecule has 0 radical (unpaired) electrons. The summed E-state index contributed by atoms with van der Waals surface area (Å²) in [6.45, 7) is 3.55. The predicted molar refractivity (Wildman–Crippen MR) is 62.6 cm³/mol. The van der Waals surface area contributed by atoms with Crippen molar-refractivity contribution in [1.29, 1.82) is 0 Å². The second-order valence-corrected chi connectivity index (χ2v) is 3.69. The topological polar surface area (TPSA) is 94.0 Å². The molecule has 2 aromatic heterocycles. The molecular weight excluding hydrogens is 220 g/mol. The maximum Gasteiger partial charge on any atom is 0.260 e. The Labute approximate surface area is 97.8 Å². The fraction of sp³-hybridized carbons (Fsp3) is 0.182. The molecule has 2 rings (SSSR count). The average Bonchev–Trinajstić information content (AvgIpc) is 2.63. The van der Waals surface area contributed by atoms with Gasteiger partial charge in [-0.3, -0.25) is 9.78 Å². The monoisotopic (exact) mass is 232 g/mol. The van der Waals surface area contributed by atoms with E-state index < -0.39 is 0 Å². The molecule has 0 spiro atoms. The van der Waals surface area contributed by atoms with Crippen molar-refractivity contribution in [3.63, 3.8) is 0 Å². The van der Waals surface area contributed by atoms with E-state index >= 15 is 0 Å². The Morgan fingerprint density at radius 2 is 2.18 bits per heavy atom. The number of nitrogen functional groups attached to an aromatic ring is 1. The van der Waals surface area contributed by atoms with Crippen molar-refractivity contribution >= 4 is 17.4 Å². The average molecular weight is 232 g/mol. The van der Waals surface area contributed by atoms with E-state index in [4.69, 9.17) is 10.3 Å². The Morgan fingerprint density at radius 1 is 1.41 bits per heavy atom. The van der Waals surface area contributed by atoms with Crippen molar-refractivity contribution < 1.29 is 9.32 Å². The minimum absolute atomic E-state index is 0.316. The summed E-state index contributed by atoms with van der Waals surface area (Å²) in [7, 11) is 0. The maximum absolute atomic E-state index is 11.8. The third-order valence-electron chi connectivity index (χ3n) is 2.19. The molecule has 88 valence electrons. The zero-order valence-corrected chi connectivity index (χ0v) is 9.52. The van der Waals surface area contributed by atoms with Crippen LogP contribution in [-0.4, -0.2) is 16.0 Å². The lowest BCUT2D eigenvalue weighted by Gasteiger charge is -2.04. The van der Waals surface area contributed by atoms with Crippen LogP contribution in [0.5, 0.6) is 0 Å². The molecule has 2 heterocycles. The van der Waals surface area contributed by atoms with Crippen molar-refractivity contribution in [3.8, 4) is 0 Å². The first-order chi connectivity index (χ1) is 8.06. The third kappa shape index (κ3) is 2.41. The van der Waals surface area contributed by atoms with Gasteiger partial charge in [-0.25, -0.2) is 0 Å². The molecule has 0 bridgehead atoms. The number of nitrogens with two attached hydrogens (primary N) is 1. The van der Waals surface area contributed by atoms with E-state index in [1.165, 1.54) is 6.20 Å². The van der Waals surface area contributed by atoms with Gasteiger partial charge in [-0.1, -0.05) is 5.16 Å². The van der Waals surface area contributed by atoms with Crippen LogP contribution in [-0.2, 0) is 0 Å². The zero-order valence-electron chi connectivity index (χ0n) is 9.52. The van der Waals surface area contributed by atoms with Crippen molar-refractivity contribution in [3.05, 3.63) is 35.3 Å². The third-order valence-corrected chi connectivity index (χ3v) is 2.19. The number of aromatic nitrogens is 2. The summed E-state index contributed by atoms with van der Waals surface area (Å²) in [6, 6.07) is 3.26. The number of pyridine rings is 1. The lowest BCUT2D eigenvalue weighted by atomic mass is 10.2. The van der Waals surface area contributed by atoms with E-state index in [0.717, 1.165) is 5.69 Å².